The first kappa shape index (κ1) is 64.0. The summed E-state index contributed by atoms with van der Waals surface area (Å²) in [4.78, 5) is 13.1. The van der Waals surface area contributed by atoms with Crippen LogP contribution in [0.5, 0.6) is 0 Å². The van der Waals surface area contributed by atoms with Gasteiger partial charge in [-0.1, -0.05) is 140 Å². The Morgan fingerprint density at radius 3 is 1.46 bits per heavy atom. The molecule has 0 aliphatic carbocycles. The lowest BCUT2D eigenvalue weighted by atomic mass is 9.96. The Morgan fingerprint density at radius 1 is 0.500 bits per heavy atom. The summed E-state index contributed by atoms with van der Waals surface area (Å²) in [6, 6.07) is -0.973. The second-order valence-corrected chi connectivity index (χ2v) is 19.3. The Morgan fingerprint density at radius 2 is 0.931 bits per heavy atom. The van der Waals surface area contributed by atoms with E-state index >= 15 is 0 Å². The molecule has 17 unspecified atom stereocenters. The maximum atomic E-state index is 13.1. The van der Waals surface area contributed by atoms with E-state index in [1.54, 1.807) is 6.08 Å². The number of carbonyl (C=O) groups excluding carboxylic acids is 1. The molecule has 0 aromatic heterocycles. The van der Waals surface area contributed by atoms with Gasteiger partial charge >= 0.3 is 0 Å². The number of unbranched alkanes of at least 4 members (excludes halogenated alkanes) is 15. The zero-order valence-electron chi connectivity index (χ0n) is 42.9. The molecule has 0 aromatic carbocycles. The van der Waals surface area contributed by atoms with Crippen LogP contribution in [0.2, 0.25) is 0 Å². The Kier molecular flexibility index (Phi) is 33.3. The van der Waals surface area contributed by atoms with Gasteiger partial charge in [0.15, 0.2) is 18.9 Å². The SMILES string of the molecule is CCCC/C=C/C(O)C(COC1OC(CO)C(OC2OC(CO)C(OC3OC(CO)C(O)C(O)C3O)C(O)C2O)C(O)C1O)NC(=O)CCCCCCCCCC/C=C\C/C=C\C/C=C\CCCCCCC. The fraction of sp³-hybridized carbons (Fsp3) is 0.830. The fourth-order valence-corrected chi connectivity index (χ4v) is 8.83. The Balaban J connectivity index is 1.41. The summed E-state index contributed by atoms with van der Waals surface area (Å²) in [5.41, 5.74) is 0. The summed E-state index contributed by atoms with van der Waals surface area (Å²) < 4.78 is 33.9. The smallest absolute Gasteiger partial charge is 0.220 e. The molecule has 3 rings (SSSR count). The van der Waals surface area contributed by atoms with Crippen molar-refractivity contribution in [1.29, 1.82) is 0 Å². The number of hydrogen-bond acceptors (Lipinski definition) is 18. The van der Waals surface area contributed by atoms with Gasteiger partial charge < -0.3 is 89.9 Å². The van der Waals surface area contributed by atoms with Crippen LogP contribution in [0.1, 0.15) is 149 Å². The van der Waals surface area contributed by atoms with Crippen molar-refractivity contribution in [2.75, 3.05) is 26.4 Å². The summed E-state index contributed by atoms with van der Waals surface area (Å²) in [6.07, 6.45) is 12.0. The molecule has 0 radical (unpaired) electrons. The lowest BCUT2D eigenvalue weighted by molar-refractivity contribution is -0.379. The number of hydrogen-bond donors (Lipinski definition) is 12. The van der Waals surface area contributed by atoms with E-state index in [1.165, 1.54) is 57.8 Å². The highest BCUT2D eigenvalue weighted by atomic mass is 16.8. The van der Waals surface area contributed by atoms with Gasteiger partial charge in [0.1, 0.15) is 73.2 Å². The van der Waals surface area contributed by atoms with Crippen LogP contribution in [0.4, 0.5) is 0 Å². The second kappa shape index (κ2) is 37.5. The van der Waals surface area contributed by atoms with Crippen LogP contribution in [-0.4, -0.2) is 193 Å². The number of allylic oxidation sites excluding steroid dienone is 7. The molecule has 0 bridgehead atoms. The monoisotopic (exact) mass is 1030 g/mol. The molecule has 3 aliphatic heterocycles. The van der Waals surface area contributed by atoms with E-state index in [4.69, 9.17) is 28.4 Å². The predicted molar refractivity (Wildman–Crippen MR) is 268 cm³/mol. The lowest BCUT2D eigenvalue weighted by Gasteiger charge is -2.48. The number of aliphatic hydroxyl groups excluding tert-OH is 11. The maximum Gasteiger partial charge on any atom is 0.220 e. The van der Waals surface area contributed by atoms with Gasteiger partial charge in [-0.2, -0.15) is 0 Å². The largest absolute Gasteiger partial charge is 0.394 e. The van der Waals surface area contributed by atoms with Gasteiger partial charge in [-0.3, -0.25) is 4.79 Å². The predicted octanol–water partition coefficient (Wildman–Crippen LogP) is 2.75. The molecule has 418 valence electrons. The molecule has 19 nitrogen and oxygen atoms in total. The molecule has 3 heterocycles. The van der Waals surface area contributed by atoms with Gasteiger partial charge in [0.05, 0.1) is 38.6 Å². The van der Waals surface area contributed by atoms with Crippen molar-refractivity contribution in [2.24, 2.45) is 0 Å². The molecule has 3 saturated heterocycles. The average Bonchev–Trinajstić information content (AvgIpc) is 3.38. The van der Waals surface area contributed by atoms with Gasteiger partial charge in [0.25, 0.3) is 0 Å². The summed E-state index contributed by atoms with van der Waals surface area (Å²) in [5, 5.41) is 119. The Bertz CT molecular complexity index is 1520. The van der Waals surface area contributed by atoms with Crippen LogP contribution in [0.15, 0.2) is 48.6 Å². The van der Waals surface area contributed by atoms with Gasteiger partial charge in [0.2, 0.25) is 5.91 Å². The quantitative estimate of drug-likeness (QED) is 0.0315. The second-order valence-electron chi connectivity index (χ2n) is 19.3. The van der Waals surface area contributed by atoms with Crippen LogP contribution < -0.4 is 5.32 Å². The molecule has 3 aliphatic rings. The third-order valence-electron chi connectivity index (χ3n) is 13.4. The van der Waals surface area contributed by atoms with Crippen LogP contribution in [0.3, 0.4) is 0 Å². The van der Waals surface area contributed by atoms with Crippen molar-refractivity contribution < 1.29 is 89.4 Å². The highest BCUT2D eigenvalue weighted by Crippen LogP contribution is 2.33. The van der Waals surface area contributed by atoms with E-state index in [2.05, 4.69) is 48.7 Å². The molecule has 0 aromatic rings. The first-order valence-electron chi connectivity index (χ1n) is 26.9. The molecule has 72 heavy (non-hydrogen) atoms. The summed E-state index contributed by atoms with van der Waals surface area (Å²) in [5.74, 6) is -0.296. The number of ether oxygens (including phenoxy) is 6. The fourth-order valence-electron chi connectivity index (χ4n) is 8.83. The summed E-state index contributed by atoms with van der Waals surface area (Å²) in [6.45, 7) is 1.50. The van der Waals surface area contributed by atoms with Crippen LogP contribution in [0.25, 0.3) is 0 Å². The number of amides is 1. The van der Waals surface area contributed by atoms with E-state index < -0.39 is 124 Å². The van der Waals surface area contributed by atoms with Gasteiger partial charge in [-0.05, 0) is 51.4 Å². The van der Waals surface area contributed by atoms with E-state index in [1.807, 2.05) is 13.0 Å². The minimum absolute atomic E-state index is 0.231. The minimum atomic E-state index is -1.98. The molecular formula is C53H93NO18. The topological polar surface area (TPSA) is 307 Å². The van der Waals surface area contributed by atoms with E-state index in [9.17, 15) is 61.0 Å². The van der Waals surface area contributed by atoms with E-state index in [0.717, 1.165) is 57.8 Å². The zero-order chi connectivity index (χ0) is 52.7. The van der Waals surface area contributed by atoms with Gasteiger partial charge in [-0.15, -0.1) is 0 Å². The standard InChI is InChI=1S/C53H93NO18/c1-3-5-7-9-10-11-12-13-14-15-16-17-18-19-20-21-22-23-24-25-26-27-29-31-41(59)54-36(37(58)30-28-8-6-4-2)35-67-51-47(65)44(62)49(39(33-56)69-51)72-53-48(66)45(63)50(40(34-57)70-53)71-52-46(64)43(61)42(60)38(32-55)68-52/h12-13,15-16,18-19,28,30,36-40,42-53,55-58,60-66H,3-11,14,17,20-27,29,31-35H2,1-2H3,(H,54,59)/b13-12-,16-15-,19-18-,30-28+. The molecule has 0 spiro atoms. The van der Waals surface area contributed by atoms with Crippen molar-refractivity contribution in [2.45, 2.75) is 253 Å². The summed E-state index contributed by atoms with van der Waals surface area (Å²) >= 11 is 0. The number of aliphatic hydroxyl groups is 11. The van der Waals surface area contributed by atoms with Crippen molar-refractivity contribution in [3.05, 3.63) is 48.6 Å². The number of nitrogens with one attached hydrogen (secondary N) is 1. The highest BCUT2D eigenvalue weighted by Gasteiger charge is 2.53. The Labute approximate surface area is 427 Å². The first-order chi connectivity index (χ1) is 34.8. The van der Waals surface area contributed by atoms with E-state index in [-0.39, 0.29) is 18.9 Å². The zero-order valence-corrected chi connectivity index (χ0v) is 42.9. The Hall–Kier alpha value is -2.25. The van der Waals surface area contributed by atoms with Crippen LogP contribution in [-0.2, 0) is 33.2 Å². The molecule has 3 fully saturated rings. The van der Waals surface area contributed by atoms with Crippen molar-refractivity contribution in [3.63, 3.8) is 0 Å². The first-order valence-corrected chi connectivity index (χ1v) is 26.9. The van der Waals surface area contributed by atoms with Crippen molar-refractivity contribution >= 4 is 5.91 Å². The summed E-state index contributed by atoms with van der Waals surface area (Å²) in [7, 11) is 0. The van der Waals surface area contributed by atoms with Crippen LogP contribution >= 0.6 is 0 Å². The molecule has 17 atom stereocenters. The minimum Gasteiger partial charge on any atom is -0.394 e. The third kappa shape index (κ3) is 22.5. The average molecular weight is 1030 g/mol. The molecule has 19 heteroatoms. The molecule has 1 amide bonds. The highest BCUT2D eigenvalue weighted by molar-refractivity contribution is 5.76. The number of carbonyl (C=O) groups is 1. The van der Waals surface area contributed by atoms with E-state index in [0.29, 0.717) is 12.8 Å². The molecule has 12 N–H and O–H groups in total. The molecular weight excluding hydrogens is 939 g/mol. The van der Waals surface area contributed by atoms with Gasteiger partial charge in [-0.25, -0.2) is 0 Å². The van der Waals surface area contributed by atoms with Gasteiger partial charge in [0, 0.05) is 6.42 Å². The number of rotatable bonds is 37. The van der Waals surface area contributed by atoms with Crippen molar-refractivity contribution in [3.8, 4) is 0 Å². The molecule has 0 saturated carbocycles. The maximum absolute atomic E-state index is 13.1. The third-order valence-corrected chi connectivity index (χ3v) is 13.4. The normalized spacial score (nSPS) is 32.4. The lowest BCUT2D eigenvalue weighted by Crippen LogP contribution is -2.66. The van der Waals surface area contributed by atoms with Crippen molar-refractivity contribution in [1.82, 2.24) is 5.32 Å². The van der Waals surface area contributed by atoms with Crippen LogP contribution in [0, 0.1) is 0 Å².